The maximum absolute atomic E-state index is 11.9. The molecule has 0 aliphatic carbocycles. The molecule has 0 aromatic heterocycles. The van der Waals surface area contributed by atoms with E-state index in [1.165, 1.54) is 0 Å². The summed E-state index contributed by atoms with van der Waals surface area (Å²) in [7, 11) is -4.22. The highest BCUT2D eigenvalue weighted by Crippen LogP contribution is 2.25. The predicted octanol–water partition coefficient (Wildman–Crippen LogP) is 1.05. The second-order valence-corrected chi connectivity index (χ2v) is 4.51. The largest absolute Gasteiger partial charge is 0.573 e. The summed E-state index contributed by atoms with van der Waals surface area (Å²) in [4.78, 5) is 9.79. The van der Waals surface area contributed by atoms with Crippen molar-refractivity contribution in [2.45, 2.75) is 11.3 Å². The molecule has 0 unspecified atom stereocenters. The molecule has 0 amide bonds. The molecular formula is C8H6F3NO4S. The molecule has 1 aromatic rings. The van der Waals surface area contributed by atoms with Crippen LogP contribution in [-0.4, -0.2) is 21.1 Å². The molecule has 1 aromatic carbocycles. The summed E-state index contributed by atoms with van der Waals surface area (Å²) in [5.74, 6) is -0.828. The van der Waals surface area contributed by atoms with Gasteiger partial charge in [0.2, 0.25) is 10.0 Å². The van der Waals surface area contributed by atoms with Crippen LogP contribution in [0.1, 0.15) is 10.4 Å². The summed E-state index contributed by atoms with van der Waals surface area (Å²) in [6.45, 7) is 0. The Labute approximate surface area is 94.0 Å². The molecule has 0 atom stereocenters. The van der Waals surface area contributed by atoms with Crippen LogP contribution in [0, 0.1) is 0 Å². The van der Waals surface area contributed by atoms with Crippen LogP contribution in [0.5, 0.6) is 5.75 Å². The molecule has 0 heterocycles. The van der Waals surface area contributed by atoms with Crippen molar-refractivity contribution < 1.29 is 31.1 Å². The highest BCUT2D eigenvalue weighted by Gasteiger charge is 2.31. The highest BCUT2D eigenvalue weighted by atomic mass is 32.2. The van der Waals surface area contributed by atoms with Gasteiger partial charge < -0.3 is 4.74 Å². The lowest BCUT2D eigenvalue weighted by atomic mass is 10.2. The summed E-state index contributed by atoms with van der Waals surface area (Å²) < 4.78 is 61.1. The Morgan fingerprint density at radius 3 is 2.24 bits per heavy atom. The van der Waals surface area contributed by atoms with Crippen LogP contribution in [0.3, 0.4) is 0 Å². The van der Waals surface area contributed by atoms with E-state index in [9.17, 15) is 26.4 Å². The predicted molar refractivity (Wildman–Crippen MR) is 49.9 cm³/mol. The van der Waals surface area contributed by atoms with Crippen molar-refractivity contribution in [3.8, 4) is 5.75 Å². The van der Waals surface area contributed by atoms with Crippen LogP contribution in [0.15, 0.2) is 23.1 Å². The fourth-order valence-corrected chi connectivity index (χ4v) is 1.60. The van der Waals surface area contributed by atoms with Crippen LogP contribution in [0.2, 0.25) is 0 Å². The van der Waals surface area contributed by atoms with Crippen molar-refractivity contribution in [3.63, 3.8) is 0 Å². The van der Waals surface area contributed by atoms with E-state index in [4.69, 9.17) is 5.14 Å². The monoisotopic (exact) mass is 269 g/mol. The first-order valence-corrected chi connectivity index (χ1v) is 5.55. The zero-order valence-electron chi connectivity index (χ0n) is 8.06. The Morgan fingerprint density at radius 2 is 1.82 bits per heavy atom. The van der Waals surface area contributed by atoms with Gasteiger partial charge in [-0.05, 0) is 12.1 Å². The van der Waals surface area contributed by atoms with E-state index in [2.05, 4.69) is 4.74 Å². The van der Waals surface area contributed by atoms with E-state index in [-0.39, 0.29) is 11.8 Å². The smallest absolute Gasteiger partial charge is 0.406 e. The van der Waals surface area contributed by atoms with Gasteiger partial charge in [-0.15, -0.1) is 13.2 Å². The lowest BCUT2D eigenvalue weighted by molar-refractivity contribution is -0.274. The first-order chi connectivity index (χ1) is 7.62. The topological polar surface area (TPSA) is 86.5 Å². The molecule has 0 bridgehead atoms. The molecule has 2 N–H and O–H groups in total. The second-order valence-electron chi connectivity index (χ2n) is 2.95. The van der Waals surface area contributed by atoms with Gasteiger partial charge in [-0.2, -0.15) is 0 Å². The van der Waals surface area contributed by atoms with Gasteiger partial charge in [0, 0.05) is 11.6 Å². The third-order valence-corrected chi connectivity index (χ3v) is 2.49. The van der Waals surface area contributed by atoms with Crippen molar-refractivity contribution in [1.29, 1.82) is 0 Å². The van der Waals surface area contributed by atoms with Gasteiger partial charge >= 0.3 is 6.36 Å². The van der Waals surface area contributed by atoms with Crippen LogP contribution < -0.4 is 9.88 Å². The van der Waals surface area contributed by atoms with E-state index in [0.717, 1.165) is 12.1 Å². The molecule has 0 spiro atoms. The van der Waals surface area contributed by atoms with E-state index in [0.29, 0.717) is 6.07 Å². The molecule has 1 rings (SSSR count). The first kappa shape index (κ1) is 13.5. The average molecular weight is 269 g/mol. The number of alkyl halides is 3. The Hall–Kier alpha value is -1.61. The van der Waals surface area contributed by atoms with Gasteiger partial charge in [-0.25, -0.2) is 13.6 Å². The molecule has 0 radical (unpaired) electrons. The molecule has 5 nitrogen and oxygen atoms in total. The normalized spacial score (nSPS) is 12.2. The van der Waals surface area contributed by atoms with E-state index in [1.807, 2.05) is 0 Å². The lowest BCUT2D eigenvalue weighted by Gasteiger charge is -2.10. The van der Waals surface area contributed by atoms with Gasteiger partial charge in [-0.3, -0.25) is 4.79 Å². The summed E-state index contributed by atoms with van der Waals surface area (Å²) in [5.41, 5.74) is -0.296. The SMILES string of the molecule is NS(=O)(=O)c1cc(C=O)cc(OC(F)(F)F)c1. The Balaban J connectivity index is 3.29. The molecule has 17 heavy (non-hydrogen) atoms. The van der Waals surface area contributed by atoms with Gasteiger partial charge in [0.15, 0.2) is 0 Å². The van der Waals surface area contributed by atoms with Gasteiger partial charge in [0.25, 0.3) is 0 Å². The van der Waals surface area contributed by atoms with Crippen molar-refractivity contribution in [3.05, 3.63) is 23.8 Å². The number of halogens is 3. The highest BCUT2D eigenvalue weighted by molar-refractivity contribution is 7.89. The van der Waals surface area contributed by atoms with Gasteiger partial charge in [0.05, 0.1) is 4.90 Å². The fourth-order valence-electron chi connectivity index (χ4n) is 1.02. The molecular weight excluding hydrogens is 263 g/mol. The standard InChI is InChI=1S/C8H6F3NO4S/c9-8(10,11)16-6-1-5(4-13)2-7(3-6)17(12,14)15/h1-4H,(H2,12,14,15). The number of ether oxygens (including phenoxy) is 1. The van der Waals surface area contributed by atoms with Crippen molar-refractivity contribution in [1.82, 2.24) is 0 Å². The minimum atomic E-state index is -4.99. The molecule has 0 saturated heterocycles. The number of hydrogen-bond donors (Lipinski definition) is 1. The third kappa shape index (κ3) is 4.04. The lowest BCUT2D eigenvalue weighted by Crippen LogP contribution is -2.18. The maximum Gasteiger partial charge on any atom is 0.573 e. The fraction of sp³-hybridized carbons (Fsp3) is 0.125. The molecule has 94 valence electrons. The zero-order chi connectivity index (χ0) is 13.3. The summed E-state index contributed by atoms with van der Waals surface area (Å²) in [6, 6.07) is 2.16. The van der Waals surface area contributed by atoms with Crippen LogP contribution >= 0.6 is 0 Å². The molecule has 0 aliphatic rings. The first-order valence-electron chi connectivity index (χ1n) is 4.00. The molecule has 0 fully saturated rings. The van der Waals surface area contributed by atoms with Gasteiger partial charge in [0.1, 0.15) is 12.0 Å². The van der Waals surface area contributed by atoms with Crippen molar-refractivity contribution in [2.75, 3.05) is 0 Å². The summed E-state index contributed by atoms with van der Waals surface area (Å²) in [5, 5.41) is 4.73. The molecule has 9 heteroatoms. The maximum atomic E-state index is 11.9. The quantitative estimate of drug-likeness (QED) is 0.831. The Bertz CT molecular complexity index is 538. The Kier molecular flexibility index (Phi) is 3.43. The summed E-state index contributed by atoms with van der Waals surface area (Å²) in [6.07, 6.45) is -4.81. The number of primary sulfonamides is 1. The number of aldehydes is 1. The minimum Gasteiger partial charge on any atom is -0.406 e. The second kappa shape index (κ2) is 4.34. The summed E-state index contributed by atoms with van der Waals surface area (Å²) >= 11 is 0. The number of rotatable bonds is 3. The third-order valence-electron chi connectivity index (χ3n) is 1.60. The minimum absolute atomic E-state index is 0.178. The number of carbonyl (C=O) groups excluding carboxylic acids is 1. The van der Waals surface area contributed by atoms with Crippen LogP contribution in [0.4, 0.5) is 13.2 Å². The van der Waals surface area contributed by atoms with Crippen molar-refractivity contribution in [2.24, 2.45) is 5.14 Å². The molecule has 0 aliphatic heterocycles. The molecule has 0 saturated carbocycles. The van der Waals surface area contributed by atoms with Crippen LogP contribution in [0.25, 0.3) is 0 Å². The number of hydrogen-bond acceptors (Lipinski definition) is 4. The van der Waals surface area contributed by atoms with E-state index in [1.54, 1.807) is 0 Å². The zero-order valence-corrected chi connectivity index (χ0v) is 8.88. The van der Waals surface area contributed by atoms with E-state index < -0.39 is 27.0 Å². The van der Waals surface area contributed by atoms with Gasteiger partial charge in [-0.1, -0.05) is 0 Å². The van der Waals surface area contributed by atoms with Crippen LogP contribution in [-0.2, 0) is 10.0 Å². The van der Waals surface area contributed by atoms with E-state index >= 15 is 0 Å². The number of nitrogens with two attached hydrogens (primary N) is 1. The number of sulfonamides is 1. The average Bonchev–Trinajstić information content (AvgIpc) is 2.13. The number of carbonyl (C=O) groups is 1. The Morgan fingerprint density at radius 1 is 1.24 bits per heavy atom. The number of benzene rings is 1. The van der Waals surface area contributed by atoms with Crippen molar-refractivity contribution >= 4 is 16.3 Å².